The molecular formula is C12H16N2O2S. The predicted molar refractivity (Wildman–Crippen MR) is 69.3 cm³/mol. The van der Waals surface area contributed by atoms with Gasteiger partial charge in [-0.15, -0.1) is 11.3 Å². The number of amides is 2. The Morgan fingerprint density at radius 1 is 1.59 bits per heavy atom. The van der Waals surface area contributed by atoms with Crippen molar-refractivity contribution in [1.82, 2.24) is 5.32 Å². The SMILES string of the molecule is O=C(NCC1(O)C=CCCC1)Nc1cccs1. The maximum Gasteiger partial charge on any atom is 0.319 e. The fraction of sp³-hybridized carbons (Fsp3) is 0.417. The van der Waals surface area contributed by atoms with Crippen LogP contribution in [0.1, 0.15) is 19.3 Å². The molecule has 17 heavy (non-hydrogen) atoms. The van der Waals surface area contributed by atoms with Crippen LogP contribution in [0, 0.1) is 0 Å². The summed E-state index contributed by atoms with van der Waals surface area (Å²) in [5.74, 6) is 0. The number of aliphatic hydroxyl groups is 1. The van der Waals surface area contributed by atoms with Crippen molar-refractivity contribution in [2.24, 2.45) is 0 Å². The molecule has 2 rings (SSSR count). The zero-order chi connectivity index (χ0) is 12.1. The summed E-state index contributed by atoms with van der Waals surface area (Å²) < 4.78 is 0. The van der Waals surface area contributed by atoms with Gasteiger partial charge in [0.1, 0.15) is 5.60 Å². The van der Waals surface area contributed by atoms with Gasteiger partial charge < -0.3 is 10.4 Å². The Morgan fingerprint density at radius 2 is 2.47 bits per heavy atom. The minimum Gasteiger partial charge on any atom is -0.384 e. The van der Waals surface area contributed by atoms with E-state index in [4.69, 9.17) is 0 Å². The average molecular weight is 252 g/mol. The van der Waals surface area contributed by atoms with Gasteiger partial charge in [-0.2, -0.15) is 0 Å². The molecule has 1 aromatic heterocycles. The van der Waals surface area contributed by atoms with Gasteiger partial charge in [-0.25, -0.2) is 4.79 Å². The third-order valence-corrected chi connectivity index (χ3v) is 3.51. The van der Waals surface area contributed by atoms with Crippen LogP contribution in [-0.2, 0) is 0 Å². The van der Waals surface area contributed by atoms with Gasteiger partial charge in [0.25, 0.3) is 0 Å². The Hall–Kier alpha value is -1.33. The van der Waals surface area contributed by atoms with Gasteiger partial charge in [0.15, 0.2) is 0 Å². The van der Waals surface area contributed by atoms with Crippen LogP contribution in [0.4, 0.5) is 9.80 Å². The highest BCUT2D eigenvalue weighted by molar-refractivity contribution is 7.14. The number of thiophene rings is 1. The highest BCUT2D eigenvalue weighted by Gasteiger charge is 2.25. The summed E-state index contributed by atoms with van der Waals surface area (Å²) in [5, 5.41) is 18.2. The number of allylic oxidation sites excluding steroid dienone is 1. The molecule has 0 aromatic carbocycles. The first kappa shape index (κ1) is 12.1. The molecule has 2 amide bonds. The summed E-state index contributed by atoms with van der Waals surface area (Å²) in [6.07, 6.45) is 6.40. The monoisotopic (exact) mass is 252 g/mol. The van der Waals surface area contributed by atoms with Crippen molar-refractivity contribution in [3.8, 4) is 0 Å². The zero-order valence-corrected chi connectivity index (χ0v) is 10.3. The summed E-state index contributed by atoms with van der Waals surface area (Å²) in [4.78, 5) is 11.5. The topological polar surface area (TPSA) is 61.4 Å². The summed E-state index contributed by atoms with van der Waals surface area (Å²) in [6, 6.07) is 3.43. The van der Waals surface area contributed by atoms with Crippen LogP contribution in [-0.4, -0.2) is 23.3 Å². The van der Waals surface area contributed by atoms with Crippen LogP contribution in [0.25, 0.3) is 0 Å². The highest BCUT2D eigenvalue weighted by atomic mass is 32.1. The molecule has 0 radical (unpaired) electrons. The molecule has 0 fully saturated rings. The van der Waals surface area contributed by atoms with Gasteiger partial charge in [-0.1, -0.05) is 12.2 Å². The van der Waals surface area contributed by atoms with Gasteiger partial charge in [-0.05, 0) is 36.8 Å². The van der Waals surface area contributed by atoms with E-state index in [1.165, 1.54) is 11.3 Å². The maximum absolute atomic E-state index is 11.5. The maximum atomic E-state index is 11.5. The molecule has 5 heteroatoms. The molecule has 4 nitrogen and oxygen atoms in total. The molecule has 0 saturated carbocycles. The summed E-state index contributed by atoms with van der Waals surface area (Å²) >= 11 is 1.46. The number of hydrogen-bond acceptors (Lipinski definition) is 3. The van der Waals surface area contributed by atoms with E-state index in [1.807, 2.05) is 23.6 Å². The van der Waals surface area contributed by atoms with Crippen molar-refractivity contribution < 1.29 is 9.90 Å². The number of carbonyl (C=O) groups excluding carboxylic acids is 1. The number of carbonyl (C=O) groups is 1. The Balaban J connectivity index is 1.79. The molecule has 1 heterocycles. The second-order valence-electron chi connectivity index (χ2n) is 4.18. The Kier molecular flexibility index (Phi) is 3.81. The zero-order valence-electron chi connectivity index (χ0n) is 9.48. The van der Waals surface area contributed by atoms with E-state index in [0.29, 0.717) is 6.42 Å². The van der Waals surface area contributed by atoms with Crippen molar-refractivity contribution in [3.05, 3.63) is 29.7 Å². The lowest BCUT2D eigenvalue weighted by molar-refractivity contribution is 0.0768. The molecular weight excluding hydrogens is 236 g/mol. The first-order chi connectivity index (χ1) is 8.18. The third kappa shape index (κ3) is 3.57. The molecule has 0 spiro atoms. The molecule has 0 aliphatic heterocycles. The number of nitrogens with one attached hydrogen (secondary N) is 2. The van der Waals surface area contributed by atoms with Crippen molar-refractivity contribution in [1.29, 1.82) is 0 Å². The number of hydrogen-bond donors (Lipinski definition) is 3. The third-order valence-electron chi connectivity index (χ3n) is 2.72. The molecule has 1 aliphatic carbocycles. The van der Waals surface area contributed by atoms with Crippen LogP contribution in [0.3, 0.4) is 0 Å². The van der Waals surface area contributed by atoms with Crippen LogP contribution < -0.4 is 10.6 Å². The van der Waals surface area contributed by atoms with Crippen LogP contribution in [0.15, 0.2) is 29.7 Å². The normalized spacial score (nSPS) is 23.4. The quantitative estimate of drug-likeness (QED) is 0.723. The number of rotatable bonds is 3. The van der Waals surface area contributed by atoms with Gasteiger partial charge in [-0.3, -0.25) is 5.32 Å². The molecule has 92 valence electrons. The van der Waals surface area contributed by atoms with Gasteiger partial charge in [0, 0.05) is 0 Å². The smallest absolute Gasteiger partial charge is 0.319 e. The Morgan fingerprint density at radius 3 is 3.12 bits per heavy atom. The Bertz CT molecular complexity index is 403. The van der Waals surface area contributed by atoms with Crippen LogP contribution >= 0.6 is 11.3 Å². The molecule has 1 aromatic rings. The second kappa shape index (κ2) is 5.33. The van der Waals surface area contributed by atoms with E-state index in [9.17, 15) is 9.90 Å². The van der Waals surface area contributed by atoms with E-state index in [-0.39, 0.29) is 12.6 Å². The van der Waals surface area contributed by atoms with Gasteiger partial charge in [0.2, 0.25) is 0 Å². The average Bonchev–Trinajstić information content (AvgIpc) is 2.80. The van der Waals surface area contributed by atoms with Crippen molar-refractivity contribution >= 4 is 22.4 Å². The van der Waals surface area contributed by atoms with Gasteiger partial charge in [0.05, 0.1) is 11.5 Å². The lowest BCUT2D eigenvalue weighted by Gasteiger charge is -2.27. The predicted octanol–water partition coefficient (Wildman–Crippen LogP) is 2.34. The fourth-order valence-electron chi connectivity index (χ4n) is 1.80. The standard InChI is InChI=1S/C12H16N2O2S/c15-11(14-10-5-4-8-17-10)13-9-12(16)6-2-1-3-7-12/h2,4-6,8,16H,1,3,7,9H2,(H2,13,14,15). The van der Waals surface area contributed by atoms with E-state index in [1.54, 1.807) is 6.08 Å². The summed E-state index contributed by atoms with van der Waals surface area (Å²) in [5.41, 5.74) is -0.884. The minimum atomic E-state index is -0.884. The lowest BCUT2D eigenvalue weighted by atomic mass is 9.91. The van der Waals surface area contributed by atoms with Crippen LogP contribution in [0.5, 0.6) is 0 Å². The molecule has 3 N–H and O–H groups in total. The van der Waals surface area contributed by atoms with E-state index in [0.717, 1.165) is 17.8 Å². The molecule has 1 aliphatic rings. The molecule has 0 bridgehead atoms. The molecule has 1 unspecified atom stereocenters. The first-order valence-corrected chi connectivity index (χ1v) is 6.54. The minimum absolute atomic E-state index is 0.251. The van der Waals surface area contributed by atoms with E-state index in [2.05, 4.69) is 10.6 Å². The van der Waals surface area contributed by atoms with E-state index >= 15 is 0 Å². The number of anilines is 1. The summed E-state index contributed by atoms with van der Waals surface area (Å²) in [6.45, 7) is 0.251. The van der Waals surface area contributed by atoms with Crippen molar-refractivity contribution in [2.45, 2.75) is 24.9 Å². The largest absolute Gasteiger partial charge is 0.384 e. The first-order valence-electron chi connectivity index (χ1n) is 5.66. The van der Waals surface area contributed by atoms with Crippen molar-refractivity contribution in [2.75, 3.05) is 11.9 Å². The Labute approximate surface area is 104 Å². The molecule has 1 atom stereocenters. The fourth-order valence-corrected chi connectivity index (χ4v) is 2.41. The van der Waals surface area contributed by atoms with E-state index < -0.39 is 5.60 Å². The lowest BCUT2D eigenvalue weighted by Crippen LogP contribution is -2.43. The van der Waals surface area contributed by atoms with Gasteiger partial charge >= 0.3 is 6.03 Å². The molecule has 0 saturated heterocycles. The highest BCUT2D eigenvalue weighted by Crippen LogP contribution is 2.21. The second-order valence-corrected chi connectivity index (χ2v) is 5.13. The number of urea groups is 1. The van der Waals surface area contributed by atoms with Crippen LogP contribution in [0.2, 0.25) is 0 Å². The van der Waals surface area contributed by atoms with Crippen molar-refractivity contribution in [3.63, 3.8) is 0 Å². The summed E-state index contributed by atoms with van der Waals surface area (Å²) in [7, 11) is 0.